The summed E-state index contributed by atoms with van der Waals surface area (Å²) in [7, 11) is 0. The molecular formula is C8H6F3N3O2. The normalized spacial score (nSPS) is 10.9. The van der Waals surface area contributed by atoms with Gasteiger partial charge in [-0.3, -0.25) is 0 Å². The van der Waals surface area contributed by atoms with Crippen LogP contribution in [0.5, 0.6) is 5.88 Å². The van der Waals surface area contributed by atoms with Crippen molar-refractivity contribution < 1.29 is 23.0 Å². The molecule has 1 rings (SSSR count). The van der Waals surface area contributed by atoms with Crippen LogP contribution in [0.25, 0.3) is 0 Å². The topological polar surface area (TPSA) is 92.2 Å². The molecule has 0 aliphatic rings. The molecule has 5 nitrogen and oxygen atoms in total. The zero-order valence-electron chi connectivity index (χ0n) is 7.75. The maximum absolute atomic E-state index is 11.9. The number of halogens is 3. The SMILES string of the molecule is N#Cc1nc(OC(F)(F)F)cc(N)c1CO. The number of aliphatic hydroxyl groups is 1. The lowest BCUT2D eigenvalue weighted by atomic mass is 10.2. The Morgan fingerprint density at radius 2 is 2.19 bits per heavy atom. The van der Waals surface area contributed by atoms with Gasteiger partial charge in [-0.1, -0.05) is 0 Å². The van der Waals surface area contributed by atoms with E-state index in [1.165, 1.54) is 6.07 Å². The number of nitrogens with zero attached hydrogens (tertiary/aromatic N) is 2. The first-order valence-corrected chi connectivity index (χ1v) is 3.93. The number of pyridine rings is 1. The van der Waals surface area contributed by atoms with Gasteiger partial charge in [-0.2, -0.15) is 5.26 Å². The fraction of sp³-hybridized carbons (Fsp3) is 0.250. The number of alkyl halides is 3. The highest BCUT2D eigenvalue weighted by Crippen LogP contribution is 2.25. The van der Waals surface area contributed by atoms with Gasteiger partial charge in [-0.15, -0.1) is 13.2 Å². The number of rotatable bonds is 2. The smallest absolute Gasteiger partial charge is 0.398 e. The third-order valence-electron chi connectivity index (χ3n) is 1.62. The molecule has 1 aromatic rings. The van der Waals surface area contributed by atoms with Crippen molar-refractivity contribution in [2.75, 3.05) is 5.73 Å². The predicted molar refractivity (Wildman–Crippen MR) is 46.0 cm³/mol. The molecule has 0 radical (unpaired) electrons. The van der Waals surface area contributed by atoms with Gasteiger partial charge in [0.2, 0.25) is 5.88 Å². The molecule has 1 heterocycles. The summed E-state index contributed by atoms with van der Waals surface area (Å²) in [5.74, 6) is -0.834. The Hall–Kier alpha value is -2.01. The van der Waals surface area contributed by atoms with Crippen molar-refractivity contribution in [1.82, 2.24) is 4.98 Å². The average molecular weight is 233 g/mol. The fourth-order valence-electron chi connectivity index (χ4n) is 0.996. The molecule has 0 spiro atoms. The van der Waals surface area contributed by atoms with Crippen LogP contribution in [-0.4, -0.2) is 16.5 Å². The molecule has 0 aliphatic heterocycles. The Labute approximate surface area is 87.9 Å². The Balaban J connectivity index is 3.17. The minimum absolute atomic E-state index is 0.0305. The molecule has 0 saturated heterocycles. The van der Waals surface area contributed by atoms with Crippen LogP contribution in [0.1, 0.15) is 11.3 Å². The Morgan fingerprint density at radius 3 is 2.62 bits per heavy atom. The molecule has 0 aliphatic carbocycles. The molecule has 0 fully saturated rings. The summed E-state index contributed by atoms with van der Waals surface area (Å²) in [6.45, 7) is -0.589. The van der Waals surface area contributed by atoms with Crippen LogP contribution in [0.2, 0.25) is 0 Å². The molecule has 0 saturated carbocycles. The van der Waals surface area contributed by atoms with Crippen molar-refractivity contribution in [2.24, 2.45) is 0 Å². The van der Waals surface area contributed by atoms with Crippen LogP contribution in [0, 0.1) is 11.3 Å². The summed E-state index contributed by atoms with van der Waals surface area (Å²) in [5.41, 5.74) is 4.71. The van der Waals surface area contributed by atoms with Gasteiger partial charge in [0.15, 0.2) is 5.69 Å². The number of hydrogen-bond acceptors (Lipinski definition) is 5. The third-order valence-corrected chi connectivity index (χ3v) is 1.62. The lowest BCUT2D eigenvalue weighted by Crippen LogP contribution is -2.18. The molecule has 0 amide bonds. The first-order chi connectivity index (χ1) is 7.37. The summed E-state index contributed by atoms with van der Waals surface area (Å²) in [6, 6.07) is 2.31. The highest BCUT2D eigenvalue weighted by atomic mass is 19.4. The number of ether oxygens (including phenoxy) is 1. The van der Waals surface area contributed by atoms with Gasteiger partial charge in [-0.05, 0) is 0 Å². The Kier molecular flexibility index (Phi) is 3.20. The largest absolute Gasteiger partial charge is 0.574 e. The number of aliphatic hydroxyl groups excluding tert-OH is 1. The molecule has 0 atom stereocenters. The van der Waals surface area contributed by atoms with Crippen molar-refractivity contribution in [1.29, 1.82) is 5.26 Å². The van der Waals surface area contributed by atoms with E-state index in [0.717, 1.165) is 6.07 Å². The van der Waals surface area contributed by atoms with Crippen LogP contribution in [0.4, 0.5) is 18.9 Å². The maximum Gasteiger partial charge on any atom is 0.574 e. The van der Waals surface area contributed by atoms with E-state index in [0.29, 0.717) is 0 Å². The number of nitrogens with two attached hydrogens (primary N) is 1. The highest BCUT2D eigenvalue weighted by Gasteiger charge is 2.32. The van der Waals surface area contributed by atoms with E-state index in [1.54, 1.807) is 0 Å². The molecule has 8 heteroatoms. The summed E-state index contributed by atoms with van der Waals surface area (Å²) >= 11 is 0. The van der Waals surface area contributed by atoms with E-state index in [9.17, 15) is 13.2 Å². The van der Waals surface area contributed by atoms with E-state index >= 15 is 0 Å². The van der Waals surface area contributed by atoms with E-state index in [-0.39, 0.29) is 11.3 Å². The predicted octanol–water partition coefficient (Wildman–Crippen LogP) is 0.926. The molecule has 16 heavy (non-hydrogen) atoms. The van der Waals surface area contributed by atoms with Gasteiger partial charge in [-0.25, -0.2) is 4.98 Å². The second kappa shape index (κ2) is 4.24. The standard InChI is InChI=1S/C8H6F3N3O2/c9-8(10,11)16-7-1-5(13)4(3-15)6(2-12)14-7/h1,15H,3H2,(H2,13,14). The van der Waals surface area contributed by atoms with Crippen molar-refractivity contribution in [3.63, 3.8) is 0 Å². The van der Waals surface area contributed by atoms with Crippen molar-refractivity contribution >= 4 is 5.69 Å². The lowest BCUT2D eigenvalue weighted by molar-refractivity contribution is -0.276. The molecule has 0 bridgehead atoms. The average Bonchev–Trinajstić information content (AvgIpc) is 2.14. The fourth-order valence-corrected chi connectivity index (χ4v) is 0.996. The van der Waals surface area contributed by atoms with Gasteiger partial charge in [0, 0.05) is 17.3 Å². The van der Waals surface area contributed by atoms with Crippen LogP contribution < -0.4 is 10.5 Å². The summed E-state index contributed by atoms with van der Waals surface area (Å²) in [5, 5.41) is 17.4. The van der Waals surface area contributed by atoms with Gasteiger partial charge < -0.3 is 15.6 Å². The van der Waals surface area contributed by atoms with Crippen molar-refractivity contribution in [2.45, 2.75) is 13.0 Å². The van der Waals surface area contributed by atoms with Gasteiger partial charge >= 0.3 is 6.36 Å². The molecule has 86 valence electrons. The molecule has 0 unspecified atom stereocenters. The number of anilines is 1. The Bertz CT molecular complexity index is 439. The quantitative estimate of drug-likeness (QED) is 0.792. The van der Waals surface area contributed by atoms with Crippen molar-refractivity contribution in [3.05, 3.63) is 17.3 Å². The number of aromatic nitrogens is 1. The van der Waals surface area contributed by atoms with Crippen LogP contribution in [-0.2, 0) is 6.61 Å². The van der Waals surface area contributed by atoms with Crippen LogP contribution in [0.15, 0.2) is 6.07 Å². The molecule has 0 aromatic carbocycles. The van der Waals surface area contributed by atoms with E-state index < -0.39 is 24.5 Å². The summed E-state index contributed by atoms with van der Waals surface area (Å²) in [4.78, 5) is 3.26. The number of nitrogen functional groups attached to an aromatic ring is 1. The molecule has 3 N–H and O–H groups in total. The molecular weight excluding hydrogens is 227 g/mol. The van der Waals surface area contributed by atoms with E-state index in [2.05, 4.69) is 9.72 Å². The number of hydrogen-bond donors (Lipinski definition) is 2. The van der Waals surface area contributed by atoms with Crippen LogP contribution in [0.3, 0.4) is 0 Å². The zero-order chi connectivity index (χ0) is 12.3. The van der Waals surface area contributed by atoms with Crippen molar-refractivity contribution in [3.8, 4) is 11.9 Å². The zero-order valence-corrected chi connectivity index (χ0v) is 7.75. The van der Waals surface area contributed by atoms with Gasteiger partial charge in [0.05, 0.1) is 6.61 Å². The first kappa shape index (κ1) is 12.1. The van der Waals surface area contributed by atoms with Gasteiger partial charge in [0.1, 0.15) is 6.07 Å². The number of nitriles is 1. The lowest BCUT2D eigenvalue weighted by Gasteiger charge is -2.10. The minimum atomic E-state index is -4.91. The van der Waals surface area contributed by atoms with Gasteiger partial charge in [0.25, 0.3) is 0 Å². The van der Waals surface area contributed by atoms with Crippen LogP contribution >= 0.6 is 0 Å². The highest BCUT2D eigenvalue weighted by molar-refractivity contribution is 5.54. The monoisotopic (exact) mass is 233 g/mol. The summed E-state index contributed by atoms with van der Waals surface area (Å²) in [6.07, 6.45) is -4.91. The summed E-state index contributed by atoms with van der Waals surface area (Å²) < 4.78 is 39.1. The third kappa shape index (κ3) is 2.74. The Morgan fingerprint density at radius 1 is 1.56 bits per heavy atom. The second-order valence-electron chi connectivity index (χ2n) is 2.69. The minimum Gasteiger partial charge on any atom is -0.398 e. The van der Waals surface area contributed by atoms with E-state index in [4.69, 9.17) is 16.1 Å². The molecule has 1 aromatic heterocycles. The maximum atomic E-state index is 11.9. The second-order valence-corrected chi connectivity index (χ2v) is 2.69. The first-order valence-electron chi connectivity index (χ1n) is 3.93. The van der Waals surface area contributed by atoms with E-state index in [1.807, 2.05) is 0 Å².